The maximum absolute atomic E-state index is 13.7. The number of sulfonamides is 1. The van der Waals surface area contributed by atoms with Gasteiger partial charge in [-0.1, -0.05) is 18.2 Å². The molecule has 3 heterocycles. The molecular formula is C25H20F3N7O4S. The number of nitrogen functional groups attached to an aromatic ring is 1. The zero-order chi connectivity index (χ0) is 28.8. The predicted octanol–water partition coefficient (Wildman–Crippen LogP) is 3.59. The average molecular weight is 572 g/mol. The summed E-state index contributed by atoms with van der Waals surface area (Å²) < 4.78 is 77.0. The highest BCUT2D eigenvalue weighted by molar-refractivity contribution is 7.92. The van der Waals surface area contributed by atoms with Gasteiger partial charge in [-0.3, -0.25) is 14.2 Å². The Morgan fingerprint density at radius 3 is 2.48 bits per heavy atom. The van der Waals surface area contributed by atoms with Crippen LogP contribution in [0.3, 0.4) is 0 Å². The van der Waals surface area contributed by atoms with Crippen LogP contribution in [0.2, 0.25) is 0 Å². The van der Waals surface area contributed by atoms with Gasteiger partial charge in [0.1, 0.15) is 4.90 Å². The molecule has 0 radical (unpaired) electrons. The zero-order valence-electron chi connectivity index (χ0n) is 20.8. The molecule has 0 atom stereocenters. The number of hydrogen-bond acceptors (Lipinski definition) is 8. The number of aromatic nitrogens is 5. The van der Waals surface area contributed by atoms with Crippen LogP contribution >= 0.6 is 0 Å². The van der Waals surface area contributed by atoms with Crippen molar-refractivity contribution < 1.29 is 26.3 Å². The first-order valence-electron chi connectivity index (χ1n) is 11.4. The second-order valence-electron chi connectivity index (χ2n) is 8.60. The Morgan fingerprint density at radius 2 is 1.80 bits per heavy atom. The van der Waals surface area contributed by atoms with Crippen LogP contribution in [0.4, 0.5) is 24.8 Å². The number of methoxy groups -OCH3 is 1. The number of nitrogens with two attached hydrogens (primary N) is 1. The van der Waals surface area contributed by atoms with E-state index in [1.807, 2.05) is 0 Å². The van der Waals surface area contributed by atoms with Crippen molar-refractivity contribution in [2.75, 3.05) is 17.6 Å². The smallest absolute Gasteiger partial charge is 0.418 e. The van der Waals surface area contributed by atoms with Gasteiger partial charge in [-0.05, 0) is 35.9 Å². The molecule has 5 rings (SSSR count). The molecule has 0 saturated carbocycles. The fraction of sp³-hybridized carbons (Fsp3) is 0.120. The molecule has 11 nitrogen and oxygen atoms in total. The number of benzene rings is 2. The number of fused-ring (bicyclic) bond motifs is 1. The molecule has 0 amide bonds. The molecule has 0 fully saturated rings. The Labute approximate surface area is 224 Å². The second-order valence-corrected chi connectivity index (χ2v) is 10.2. The van der Waals surface area contributed by atoms with Crippen molar-refractivity contribution in [3.63, 3.8) is 0 Å². The Kier molecular flexibility index (Phi) is 6.45. The molecule has 40 heavy (non-hydrogen) atoms. The Morgan fingerprint density at radius 1 is 1.05 bits per heavy atom. The molecule has 0 spiro atoms. The summed E-state index contributed by atoms with van der Waals surface area (Å²) in [6.07, 6.45) is -0.623. The topological polar surface area (TPSA) is 147 Å². The van der Waals surface area contributed by atoms with Crippen LogP contribution in [-0.2, 0) is 23.2 Å². The molecule has 15 heteroatoms. The Balaban J connectivity index is 1.65. The molecule has 2 aromatic carbocycles. The van der Waals surface area contributed by atoms with Crippen molar-refractivity contribution in [3.8, 4) is 22.7 Å². The van der Waals surface area contributed by atoms with E-state index < -0.39 is 39.0 Å². The lowest BCUT2D eigenvalue weighted by Gasteiger charge is -2.16. The number of alkyl halides is 3. The van der Waals surface area contributed by atoms with Gasteiger partial charge in [-0.15, -0.1) is 0 Å². The van der Waals surface area contributed by atoms with Gasteiger partial charge >= 0.3 is 6.18 Å². The quantitative estimate of drug-likeness (QED) is 0.314. The van der Waals surface area contributed by atoms with E-state index in [1.54, 1.807) is 13.1 Å². The third kappa shape index (κ3) is 4.82. The second kappa shape index (κ2) is 9.68. The summed E-state index contributed by atoms with van der Waals surface area (Å²) in [7, 11) is -1.30. The van der Waals surface area contributed by atoms with Crippen LogP contribution in [0.5, 0.6) is 5.88 Å². The molecule has 0 aliphatic heterocycles. The highest BCUT2D eigenvalue weighted by atomic mass is 32.2. The van der Waals surface area contributed by atoms with Crippen molar-refractivity contribution in [2.45, 2.75) is 11.1 Å². The van der Waals surface area contributed by atoms with Gasteiger partial charge in [0.2, 0.25) is 11.8 Å². The molecule has 0 saturated heterocycles. The first-order chi connectivity index (χ1) is 18.9. The maximum atomic E-state index is 13.7. The summed E-state index contributed by atoms with van der Waals surface area (Å²) in [5, 5.41) is 3.88. The van der Waals surface area contributed by atoms with Crippen LogP contribution in [-0.4, -0.2) is 39.8 Å². The lowest BCUT2D eigenvalue weighted by Crippen LogP contribution is -2.25. The van der Waals surface area contributed by atoms with Crippen LogP contribution in [0.15, 0.2) is 76.8 Å². The highest BCUT2D eigenvalue weighted by Crippen LogP contribution is 2.34. The minimum absolute atomic E-state index is 0.0441. The molecule has 0 aliphatic carbocycles. The molecule has 0 bridgehead atoms. The van der Waals surface area contributed by atoms with Crippen LogP contribution in [0.1, 0.15) is 5.56 Å². The Bertz CT molecular complexity index is 1940. The van der Waals surface area contributed by atoms with Crippen molar-refractivity contribution in [1.29, 1.82) is 0 Å². The number of anilines is 2. The van der Waals surface area contributed by atoms with E-state index >= 15 is 0 Å². The molecule has 3 aromatic heterocycles. The Hall–Kier alpha value is -4.92. The number of ether oxygens (including phenoxy) is 1. The fourth-order valence-corrected chi connectivity index (χ4v) is 5.32. The molecule has 5 aromatic rings. The van der Waals surface area contributed by atoms with Crippen LogP contribution < -0.4 is 20.8 Å². The number of aryl methyl sites for hydroxylation is 1. The maximum Gasteiger partial charge on any atom is 0.418 e. The number of para-hydroxylation sites is 1. The number of pyridine rings is 1. The van der Waals surface area contributed by atoms with Gasteiger partial charge in [-0.25, -0.2) is 23.0 Å². The molecule has 0 aliphatic rings. The SMILES string of the molecule is COc1ncc(-c2ccc3nc(N)n(-c4ccccc4C(F)(F)F)c(=O)c3c2)cc1S(=O)(=O)Nc1cnn(C)c1. The lowest BCUT2D eigenvalue weighted by molar-refractivity contribution is -0.137. The summed E-state index contributed by atoms with van der Waals surface area (Å²) >= 11 is 0. The van der Waals surface area contributed by atoms with E-state index in [4.69, 9.17) is 10.5 Å². The summed E-state index contributed by atoms with van der Waals surface area (Å²) in [4.78, 5) is 21.4. The zero-order valence-corrected chi connectivity index (χ0v) is 21.7. The number of halogens is 3. The van der Waals surface area contributed by atoms with Gasteiger partial charge < -0.3 is 10.5 Å². The van der Waals surface area contributed by atoms with Gasteiger partial charge in [0.15, 0.2) is 0 Å². The minimum atomic E-state index is -4.75. The van der Waals surface area contributed by atoms with Crippen LogP contribution in [0.25, 0.3) is 27.7 Å². The number of rotatable bonds is 6. The standard InChI is InChI=1S/C25H20F3N7O4S/c1-34-13-16(12-31-34)33-40(37,38)21-10-15(11-30-22(21)39-2)14-7-8-19-17(9-14)23(36)35(24(29)32-19)20-6-4-3-5-18(20)25(26,27)28/h3-13,33H,1-2H3,(H2,29,32). The average Bonchev–Trinajstić information content (AvgIpc) is 3.31. The molecule has 0 unspecified atom stereocenters. The fourth-order valence-electron chi connectivity index (χ4n) is 4.14. The van der Waals surface area contributed by atoms with E-state index in [-0.39, 0.29) is 32.9 Å². The van der Waals surface area contributed by atoms with Crippen molar-refractivity contribution >= 4 is 32.6 Å². The monoisotopic (exact) mass is 571 g/mol. The molecular weight excluding hydrogens is 551 g/mol. The molecule has 3 N–H and O–H groups in total. The summed E-state index contributed by atoms with van der Waals surface area (Å²) in [5.41, 5.74) is 4.54. The third-order valence-electron chi connectivity index (χ3n) is 5.94. The first kappa shape index (κ1) is 26.7. The number of nitrogens with one attached hydrogen (secondary N) is 1. The largest absolute Gasteiger partial charge is 0.480 e. The van der Waals surface area contributed by atoms with E-state index in [9.17, 15) is 26.4 Å². The minimum Gasteiger partial charge on any atom is -0.480 e. The third-order valence-corrected chi connectivity index (χ3v) is 7.31. The first-order valence-corrected chi connectivity index (χ1v) is 12.9. The molecule has 206 valence electrons. The number of hydrogen-bond donors (Lipinski definition) is 2. The van der Waals surface area contributed by atoms with E-state index in [0.29, 0.717) is 10.1 Å². The van der Waals surface area contributed by atoms with Crippen LogP contribution in [0, 0.1) is 0 Å². The van der Waals surface area contributed by atoms with Crippen molar-refractivity contribution in [1.82, 2.24) is 24.3 Å². The van der Waals surface area contributed by atoms with Crippen molar-refractivity contribution in [3.05, 3.63) is 83.0 Å². The predicted molar refractivity (Wildman–Crippen MR) is 141 cm³/mol. The van der Waals surface area contributed by atoms with Gasteiger partial charge in [0, 0.05) is 25.0 Å². The van der Waals surface area contributed by atoms with E-state index in [2.05, 4.69) is 19.8 Å². The van der Waals surface area contributed by atoms with Crippen molar-refractivity contribution in [2.24, 2.45) is 7.05 Å². The van der Waals surface area contributed by atoms with Gasteiger partial charge in [0.25, 0.3) is 15.6 Å². The normalized spacial score (nSPS) is 12.0. The van der Waals surface area contributed by atoms with Gasteiger partial charge in [-0.2, -0.15) is 18.3 Å². The van der Waals surface area contributed by atoms with E-state index in [1.165, 1.54) is 60.7 Å². The lowest BCUT2D eigenvalue weighted by atomic mass is 10.1. The summed E-state index contributed by atoms with van der Waals surface area (Å²) in [6, 6.07) is 10.2. The summed E-state index contributed by atoms with van der Waals surface area (Å²) in [5.74, 6) is -0.607. The highest BCUT2D eigenvalue weighted by Gasteiger charge is 2.34. The summed E-state index contributed by atoms with van der Waals surface area (Å²) in [6.45, 7) is 0. The van der Waals surface area contributed by atoms with E-state index in [0.717, 1.165) is 12.1 Å². The van der Waals surface area contributed by atoms with Gasteiger partial charge in [0.05, 0.1) is 41.1 Å². The number of nitrogens with zero attached hydrogens (tertiary/aromatic N) is 5.